The van der Waals surface area contributed by atoms with Crippen molar-refractivity contribution in [2.45, 2.75) is 44.2 Å². The predicted molar refractivity (Wildman–Crippen MR) is 69.8 cm³/mol. The largest absolute Gasteiger partial charge is 0.312 e. The van der Waals surface area contributed by atoms with Crippen LogP contribution in [0.15, 0.2) is 11.0 Å². The standard InChI is InChI=1S/C11H18N2O2S2/c1-3-12-7-10-6-11(8(2)16-10)17(14,15)13-9-4-5-9/h6,9,12-13H,3-5,7H2,1-2H3. The number of thiophene rings is 1. The molecule has 2 rings (SSSR count). The monoisotopic (exact) mass is 274 g/mol. The van der Waals surface area contributed by atoms with Crippen LogP contribution in [0.25, 0.3) is 0 Å². The van der Waals surface area contributed by atoms with Gasteiger partial charge in [-0.3, -0.25) is 0 Å². The van der Waals surface area contributed by atoms with E-state index in [0.717, 1.165) is 35.7 Å². The molecule has 0 bridgehead atoms. The lowest BCUT2D eigenvalue weighted by atomic mass is 10.4. The van der Waals surface area contributed by atoms with Gasteiger partial charge in [0.2, 0.25) is 10.0 Å². The van der Waals surface area contributed by atoms with Gasteiger partial charge in [0, 0.05) is 22.3 Å². The van der Waals surface area contributed by atoms with Gasteiger partial charge in [-0.15, -0.1) is 11.3 Å². The molecular formula is C11H18N2O2S2. The molecule has 0 radical (unpaired) electrons. The highest BCUT2D eigenvalue weighted by atomic mass is 32.2. The smallest absolute Gasteiger partial charge is 0.241 e. The quantitative estimate of drug-likeness (QED) is 0.828. The summed E-state index contributed by atoms with van der Waals surface area (Å²) < 4.78 is 26.8. The number of sulfonamides is 1. The molecule has 1 aromatic heterocycles. The maximum atomic E-state index is 12.1. The Morgan fingerprint density at radius 2 is 2.18 bits per heavy atom. The summed E-state index contributed by atoms with van der Waals surface area (Å²) in [5.41, 5.74) is 0. The number of hydrogen-bond donors (Lipinski definition) is 2. The lowest BCUT2D eigenvalue weighted by Gasteiger charge is -2.03. The zero-order valence-corrected chi connectivity index (χ0v) is 11.7. The van der Waals surface area contributed by atoms with Crippen LogP contribution in [-0.4, -0.2) is 21.0 Å². The van der Waals surface area contributed by atoms with Crippen molar-refractivity contribution in [1.82, 2.24) is 10.0 Å². The Bertz CT molecular complexity index is 490. The molecule has 1 aliphatic carbocycles. The van der Waals surface area contributed by atoms with Crippen molar-refractivity contribution in [3.05, 3.63) is 15.8 Å². The van der Waals surface area contributed by atoms with Gasteiger partial charge in [-0.25, -0.2) is 13.1 Å². The van der Waals surface area contributed by atoms with Crippen LogP contribution in [0, 0.1) is 6.92 Å². The van der Waals surface area contributed by atoms with E-state index in [4.69, 9.17) is 0 Å². The van der Waals surface area contributed by atoms with Gasteiger partial charge in [-0.1, -0.05) is 6.92 Å². The lowest BCUT2D eigenvalue weighted by molar-refractivity contribution is 0.581. The topological polar surface area (TPSA) is 58.2 Å². The van der Waals surface area contributed by atoms with E-state index < -0.39 is 10.0 Å². The molecule has 0 saturated heterocycles. The zero-order valence-electron chi connectivity index (χ0n) is 10.1. The van der Waals surface area contributed by atoms with Gasteiger partial charge < -0.3 is 5.32 Å². The van der Waals surface area contributed by atoms with E-state index in [1.807, 2.05) is 13.8 Å². The summed E-state index contributed by atoms with van der Waals surface area (Å²) in [6.07, 6.45) is 1.93. The van der Waals surface area contributed by atoms with Crippen molar-refractivity contribution in [2.75, 3.05) is 6.54 Å². The van der Waals surface area contributed by atoms with E-state index >= 15 is 0 Å². The lowest BCUT2D eigenvalue weighted by Crippen LogP contribution is -2.25. The van der Waals surface area contributed by atoms with E-state index in [2.05, 4.69) is 10.0 Å². The Hall–Kier alpha value is -0.430. The normalized spacial score (nSPS) is 16.4. The van der Waals surface area contributed by atoms with E-state index in [0.29, 0.717) is 4.90 Å². The number of rotatable bonds is 6. The van der Waals surface area contributed by atoms with Crippen LogP contribution in [0.4, 0.5) is 0 Å². The van der Waals surface area contributed by atoms with Crippen LogP contribution >= 0.6 is 11.3 Å². The highest BCUT2D eigenvalue weighted by Crippen LogP contribution is 2.28. The number of hydrogen-bond acceptors (Lipinski definition) is 4. The SMILES string of the molecule is CCNCc1cc(S(=O)(=O)NC2CC2)c(C)s1. The average Bonchev–Trinajstić information content (AvgIpc) is 2.96. The Morgan fingerprint density at radius 3 is 2.76 bits per heavy atom. The summed E-state index contributed by atoms with van der Waals surface area (Å²) in [5, 5.41) is 3.20. The van der Waals surface area contributed by atoms with Gasteiger partial charge in [0.15, 0.2) is 0 Å². The van der Waals surface area contributed by atoms with Crippen molar-refractivity contribution in [3.63, 3.8) is 0 Å². The molecule has 0 atom stereocenters. The van der Waals surface area contributed by atoms with Gasteiger partial charge in [0.25, 0.3) is 0 Å². The molecule has 0 amide bonds. The molecule has 17 heavy (non-hydrogen) atoms. The van der Waals surface area contributed by atoms with Crippen LogP contribution in [0.1, 0.15) is 29.5 Å². The first-order chi connectivity index (χ1) is 8.03. The summed E-state index contributed by atoms with van der Waals surface area (Å²) in [5.74, 6) is 0. The summed E-state index contributed by atoms with van der Waals surface area (Å²) in [7, 11) is -3.30. The third-order valence-corrected chi connectivity index (χ3v) is 5.49. The van der Waals surface area contributed by atoms with Crippen molar-refractivity contribution in [1.29, 1.82) is 0 Å². The van der Waals surface area contributed by atoms with Crippen LogP contribution in [0.2, 0.25) is 0 Å². The van der Waals surface area contributed by atoms with Gasteiger partial charge in [0.1, 0.15) is 0 Å². The molecule has 0 aliphatic heterocycles. The minimum atomic E-state index is -3.30. The molecule has 96 valence electrons. The first kappa shape index (κ1) is 13.0. The van der Waals surface area contributed by atoms with E-state index in [1.54, 1.807) is 17.4 Å². The molecule has 2 N–H and O–H groups in total. The highest BCUT2D eigenvalue weighted by Gasteiger charge is 2.29. The maximum absolute atomic E-state index is 12.1. The fraction of sp³-hybridized carbons (Fsp3) is 0.636. The number of aryl methyl sites for hydroxylation is 1. The molecule has 6 heteroatoms. The van der Waals surface area contributed by atoms with Gasteiger partial charge in [-0.2, -0.15) is 0 Å². The Labute approximate surface area is 106 Å². The summed E-state index contributed by atoms with van der Waals surface area (Å²) in [4.78, 5) is 2.38. The Morgan fingerprint density at radius 1 is 1.47 bits per heavy atom. The Balaban J connectivity index is 2.16. The van der Waals surface area contributed by atoms with Gasteiger partial charge >= 0.3 is 0 Å². The zero-order chi connectivity index (χ0) is 12.5. The molecule has 1 heterocycles. The van der Waals surface area contributed by atoms with Crippen LogP contribution in [0.3, 0.4) is 0 Å². The third-order valence-electron chi connectivity index (χ3n) is 2.66. The molecule has 0 aromatic carbocycles. The Kier molecular flexibility index (Phi) is 3.87. The van der Waals surface area contributed by atoms with Crippen LogP contribution in [0.5, 0.6) is 0 Å². The first-order valence-electron chi connectivity index (χ1n) is 5.85. The van der Waals surface area contributed by atoms with Crippen molar-refractivity contribution in [3.8, 4) is 0 Å². The van der Waals surface area contributed by atoms with Gasteiger partial charge in [0.05, 0.1) is 4.90 Å². The highest BCUT2D eigenvalue weighted by molar-refractivity contribution is 7.89. The second-order valence-corrected chi connectivity index (χ2v) is 7.33. The van der Waals surface area contributed by atoms with E-state index in [9.17, 15) is 8.42 Å². The van der Waals surface area contributed by atoms with Crippen molar-refractivity contribution < 1.29 is 8.42 Å². The molecular weight excluding hydrogens is 256 g/mol. The van der Waals surface area contributed by atoms with E-state index in [-0.39, 0.29) is 6.04 Å². The van der Waals surface area contributed by atoms with Crippen LogP contribution in [-0.2, 0) is 16.6 Å². The molecule has 0 spiro atoms. The van der Waals surface area contributed by atoms with E-state index in [1.165, 1.54) is 0 Å². The fourth-order valence-electron chi connectivity index (χ4n) is 1.61. The fourth-order valence-corrected chi connectivity index (χ4v) is 4.52. The summed E-state index contributed by atoms with van der Waals surface area (Å²) in [6, 6.07) is 1.95. The minimum absolute atomic E-state index is 0.163. The van der Waals surface area contributed by atoms with Crippen molar-refractivity contribution in [2.24, 2.45) is 0 Å². The molecule has 0 unspecified atom stereocenters. The predicted octanol–water partition coefficient (Wildman–Crippen LogP) is 1.61. The van der Waals surface area contributed by atoms with Gasteiger partial charge in [-0.05, 0) is 32.4 Å². The molecule has 1 aliphatic rings. The summed E-state index contributed by atoms with van der Waals surface area (Å²) in [6.45, 7) is 5.52. The number of nitrogens with one attached hydrogen (secondary N) is 2. The molecule has 1 aromatic rings. The minimum Gasteiger partial charge on any atom is -0.312 e. The van der Waals surface area contributed by atoms with Crippen molar-refractivity contribution >= 4 is 21.4 Å². The molecule has 4 nitrogen and oxygen atoms in total. The molecule has 1 saturated carbocycles. The second kappa shape index (κ2) is 5.06. The second-order valence-electron chi connectivity index (χ2n) is 4.31. The third kappa shape index (κ3) is 3.28. The first-order valence-corrected chi connectivity index (χ1v) is 8.15. The molecule has 1 fully saturated rings. The van der Waals surface area contributed by atoms with Crippen LogP contribution < -0.4 is 10.0 Å². The maximum Gasteiger partial charge on any atom is 0.241 e. The average molecular weight is 274 g/mol. The summed E-state index contributed by atoms with van der Waals surface area (Å²) >= 11 is 1.55.